The van der Waals surface area contributed by atoms with Crippen molar-refractivity contribution in [1.29, 1.82) is 0 Å². The number of carboxylic acids is 1. The van der Waals surface area contributed by atoms with Gasteiger partial charge in [-0.15, -0.1) is 0 Å². The van der Waals surface area contributed by atoms with Crippen molar-refractivity contribution in [2.24, 2.45) is 0 Å². The van der Waals surface area contributed by atoms with E-state index >= 15 is 0 Å². The van der Waals surface area contributed by atoms with Gasteiger partial charge in [0.2, 0.25) is 6.29 Å². The van der Waals surface area contributed by atoms with Crippen LogP contribution in [0.4, 0.5) is 0 Å². The summed E-state index contributed by atoms with van der Waals surface area (Å²) in [5.74, 6) is -2.74. The maximum atomic E-state index is 13.0. The van der Waals surface area contributed by atoms with Gasteiger partial charge in [-0.3, -0.25) is 14.4 Å². The summed E-state index contributed by atoms with van der Waals surface area (Å²) < 4.78 is 21.5. The fourth-order valence-corrected chi connectivity index (χ4v) is 4.35. The summed E-state index contributed by atoms with van der Waals surface area (Å²) in [6.07, 6.45) is -5.60. The van der Waals surface area contributed by atoms with Gasteiger partial charge >= 0.3 is 11.9 Å². The monoisotopic (exact) mass is 562 g/mol. The molecule has 4 rings (SSSR count). The highest BCUT2D eigenvalue weighted by Gasteiger charge is 2.65. The predicted octanol–water partition coefficient (Wildman–Crippen LogP) is -0.905. The van der Waals surface area contributed by atoms with E-state index in [1.54, 1.807) is 0 Å². The zero-order valence-electron chi connectivity index (χ0n) is 20.7. The third-order valence-corrected chi connectivity index (χ3v) is 6.68. The number of phenolic OH excluding ortho intramolecular Hbond substituents is 1. The quantitative estimate of drug-likeness (QED) is 0.124. The Kier molecular flexibility index (Phi) is 8.11. The molecule has 14 heteroatoms. The van der Waals surface area contributed by atoms with Crippen LogP contribution in [0.25, 0.3) is 22.1 Å². The van der Waals surface area contributed by atoms with Crippen LogP contribution in [0.5, 0.6) is 11.5 Å². The molecule has 0 amide bonds. The zero-order chi connectivity index (χ0) is 29.2. The van der Waals surface area contributed by atoms with E-state index in [-0.39, 0.29) is 28.0 Å². The number of carbonyl (C=O) groups is 2. The molecule has 1 aliphatic heterocycles. The molecular weight excluding hydrogens is 536 g/mol. The van der Waals surface area contributed by atoms with Gasteiger partial charge in [0.05, 0.1) is 24.2 Å². The number of aliphatic carboxylic acids is 1. The maximum Gasteiger partial charge on any atom is 0.317 e. The van der Waals surface area contributed by atoms with Gasteiger partial charge in [-0.2, -0.15) is 0 Å². The number of ether oxygens (including phenoxy) is 3. The van der Waals surface area contributed by atoms with Crippen LogP contribution in [-0.2, 0) is 19.1 Å². The molecule has 14 nitrogen and oxygen atoms in total. The minimum Gasteiger partial charge on any atom is -0.508 e. The van der Waals surface area contributed by atoms with Crippen molar-refractivity contribution in [2.75, 3.05) is 19.8 Å². The molecule has 2 heterocycles. The summed E-state index contributed by atoms with van der Waals surface area (Å²) in [5, 5.41) is 70.7. The Morgan fingerprint density at radius 2 is 1.68 bits per heavy atom. The standard InChI is InChI=1S/C26H26O14/c27-11-25(35)19(10-38-21(32)8-20(30)31)40-24(23(34)26(25,36)12-28)39-15-5-6-16-18(7-15)37-9-17(22(16)33)13-1-3-14(29)4-2-13/h1-7,9,19,23-24,27-29,34-36H,8,10-12H2,(H,30,31). The van der Waals surface area contributed by atoms with Crippen LogP contribution in [-0.4, -0.2) is 97.2 Å². The first-order valence-corrected chi connectivity index (χ1v) is 11.8. The zero-order valence-corrected chi connectivity index (χ0v) is 20.7. The number of benzene rings is 2. The van der Waals surface area contributed by atoms with Gasteiger partial charge in [-0.1, -0.05) is 12.1 Å². The van der Waals surface area contributed by atoms with E-state index in [0.717, 1.165) is 0 Å². The lowest BCUT2D eigenvalue weighted by Crippen LogP contribution is -2.78. The number of phenols is 1. The summed E-state index contributed by atoms with van der Waals surface area (Å²) >= 11 is 0. The number of esters is 1. The van der Waals surface area contributed by atoms with E-state index in [1.807, 2.05) is 0 Å². The highest BCUT2D eigenvalue weighted by Crippen LogP contribution is 2.39. The summed E-state index contributed by atoms with van der Waals surface area (Å²) in [7, 11) is 0. The van der Waals surface area contributed by atoms with E-state index in [2.05, 4.69) is 0 Å². The number of carboxylic acid groups (broad SMARTS) is 1. The van der Waals surface area contributed by atoms with Crippen molar-refractivity contribution in [3.63, 3.8) is 0 Å². The number of fused-ring (bicyclic) bond motifs is 1. The lowest BCUT2D eigenvalue weighted by atomic mass is 9.73. The second-order valence-corrected chi connectivity index (χ2v) is 9.16. The summed E-state index contributed by atoms with van der Waals surface area (Å²) in [6.45, 7) is -3.44. The van der Waals surface area contributed by atoms with Crippen molar-refractivity contribution in [1.82, 2.24) is 0 Å². The van der Waals surface area contributed by atoms with Crippen LogP contribution >= 0.6 is 0 Å². The molecule has 5 unspecified atom stereocenters. The Morgan fingerprint density at radius 3 is 2.30 bits per heavy atom. The van der Waals surface area contributed by atoms with Crippen molar-refractivity contribution in [2.45, 2.75) is 36.1 Å². The summed E-state index contributed by atoms with van der Waals surface area (Å²) in [5.41, 5.74) is -5.22. The first-order valence-electron chi connectivity index (χ1n) is 11.8. The van der Waals surface area contributed by atoms with Crippen LogP contribution < -0.4 is 10.2 Å². The minimum atomic E-state index is -2.85. The topological polar surface area (TPSA) is 234 Å². The second-order valence-electron chi connectivity index (χ2n) is 9.16. The molecule has 0 spiro atoms. The summed E-state index contributed by atoms with van der Waals surface area (Å²) in [6, 6.07) is 9.87. The normalized spacial score (nSPS) is 26.4. The molecule has 0 bridgehead atoms. The van der Waals surface area contributed by atoms with Gasteiger partial charge in [-0.25, -0.2) is 0 Å². The lowest BCUT2D eigenvalue weighted by Gasteiger charge is -2.53. The Balaban J connectivity index is 1.61. The SMILES string of the molecule is O=C(O)CC(=O)OCC1OC(Oc2ccc3c(=O)c(-c4ccc(O)cc4)coc3c2)C(O)C(O)(CO)C1(O)CO. The van der Waals surface area contributed by atoms with E-state index in [1.165, 1.54) is 48.7 Å². The van der Waals surface area contributed by atoms with Gasteiger partial charge in [0.15, 0.2) is 22.7 Å². The van der Waals surface area contributed by atoms with E-state index in [9.17, 15) is 45.0 Å². The number of hydrogen-bond donors (Lipinski definition) is 7. The first kappa shape index (κ1) is 28.9. The molecule has 214 valence electrons. The average molecular weight is 562 g/mol. The predicted molar refractivity (Wildman–Crippen MR) is 132 cm³/mol. The smallest absolute Gasteiger partial charge is 0.317 e. The fourth-order valence-electron chi connectivity index (χ4n) is 4.35. The molecule has 1 saturated heterocycles. The number of carbonyl (C=O) groups excluding carboxylic acids is 1. The Morgan fingerprint density at radius 1 is 1.00 bits per heavy atom. The third kappa shape index (κ3) is 5.23. The van der Waals surface area contributed by atoms with Gasteiger partial charge in [-0.05, 0) is 29.8 Å². The Hall–Kier alpha value is -4.05. The average Bonchev–Trinajstić information content (AvgIpc) is 2.93. The number of rotatable bonds is 9. The van der Waals surface area contributed by atoms with Crippen LogP contribution in [0.3, 0.4) is 0 Å². The van der Waals surface area contributed by atoms with Crippen LogP contribution in [0.1, 0.15) is 6.42 Å². The fraction of sp³-hybridized carbons (Fsp3) is 0.346. The maximum absolute atomic E-state index is 13.0. The molecule has 1 aliphatic rings. The molecule has 40 heavy (non-hydrogen) atoms. The second kappa shape index (κ2) is 11.2. The Bertz CT molecular complexity index is 1450. The van der Waals surface area contributed by atoms with Gasteiger partial charge in [0.1, 0.15) is 42.5 Å². The molecule has 0 aliphatic carbocycles. The van der Waals surface area contributed by atoms with Crippen molar-refractivity contribution in [3.8, 4) is 22.6 Å². The van der Waals surface area contributed by atoms with Crippen molar-refractivity contribution >= 4 is 22.9 Å². The molecule has 0 radical (unpaired) electrons. The number of hydrogen-bond acceptors (Lipinski definition) is 13. The third-order valence-electron chi connectivity index (χ3n) is 6.68. The van der Waals surface area contributed by atoms with E-state index in [0.29, 0.717) is 5.56 Å². The van der Waals surface area contributed by atoms with Crippen LogP contribution in [0.2, 0.25) is 0 Å². The molecule has 7 N–H and O–H groups in total. The van der Waals surface area contributed by atoms with Crippen molar-refractivity contribution < 1.29 is 64.0 Å². The van der Waals surface area contributed by atoms with E-state index in [4.69, 9.17) is 23.7 Å². The van der Waals surface area contributed by atoms with Crippen LogP contribution in [0.15, 0.2) is 57.9 Å². The van der Waals surface area contributed by atoms with Crippen molar-refractivity contribution in [3.05, 3.63) is 59.0 Å². The largest absolute Gasteiger partial charge is 0.508 e. The summed E-state index contributed by atoms with van der Waals surface area (Å²) in [4.78, 5) is 35.4. The highest BCUT2D eigenvalue weighted by atomic mass is 16.7. The van der Waals surface area contributed by atoms with Gasteiger partial charge in [0, 0.05) is 6.07 Å². The number of aliphatic hydroxyl groups excluding tert-OH is 3. The van der Waals surface area contributed by atoms with Crippen LogP contribution in [0, 0.1) is 0 Å². The number of aliphatic hydroxyl groups is 5. The molecular formula is C26H26O14. The molecule has 1 fully saturated rings. The lowest BCUT2D eigenvalue weighted by molar-refractivity contribution is -0.363. The van der Waals surface area contributed by atoms with E-state index < -0.39 is 73.3 Å². The first-order chi connectivity index (χ1) is 18.9. The molecule has 5 atom stereocenters. The number of aromatic hydroxyl groups is 1. The van der Waals surface area contributed by atoms with Gasteiger partial charge in [0.25, 0.3) is 0 Å². The molecule has 2 aromatic carbocycles. The molecule has 0 saturated carbocycles. The minimum absolute atomic E-state index is 0.0222. The highest BCUT2D eigenvalue weighted by molar-refractivity contribution is 5.90. The molecule has 3 aromatic rings. The Labute approximate surface area is 224 Å². The van der Waals surface area contributed by atoms with Gasteiger partial charge < -0.3 is 54.4 Å². The molecule has 1 aromatic heterocycles.